The Bertz CT molecular complexity index is 51.3. The minimum absolute atomic E-state index is 0. The van der Waals surface area contributed by atoms with Crippen molar-refractivity contribution in [2.24, 2.45) is 0 Å². The van der Waals surface area contributed by atoms with Crippen LogP contribution in [0.3, 0.4) is 0 Å². The van der Waals surface area contributed by atoms with Crippen molar-refractivity contribution in [2.75, 3.05) is 42.3 Å². The summed E-state index contributed by atoms with van der Waals surface area (Å²) >= 11 is 0. The molecule has 0 saturated heterocycles. The van der Waals surface area contributed by atoms with Gasteiger partial charge in [0.1, 0.15) is 0 Å². The van der Waals surface area contributed by atoms with Crippen LogP contribution in [-0.4, -0.2) is 52.1 Å². The normalized spacial score (nSPS) is 6.75. The Balaban J connectivity index is -0.0000000202. The maximum Gasteiger partial charge on any atom is 2.00 e. The third-order valence-electron chi connectivity index (χ3n) is 0. The van der Waals surface area contributed by atoms with Gasteiger partial charge in [-0.15, -0.1) is 0 Å². The monoisotopic (exact) mass is 572 g/mol. The Labute approximate surface area is 132 Å². The molecule has 0 aliphatic rings. The number of nitrogens with zero attached hydrogens (tertiary/aromatic N) is 2. The summed E-state index contributed by atoms with van der Waals surface area (Å²) in [5.41, 5.74) is 0. The Hall–Kier alpha value is 1.22. The van der Waals surface area contributed by atoms with E-state index < -0.39 is 0 Å². The molecule has 0 amide bonds. The fraction of sp³-hybridized carbons (Fsp3) is 0.600. The van der Waals surface area contributed by atoms with Gasteiger partial charge in [-0.2, -0.15) is 0 Å². The summed E-state index contributed by atoms with van der Waals surface area (Å²) in [4.78, 5) is 3.50. The minimum atomic E-state index is 0. The molecule has 0 saturated carbocycles. The second kappa shape index (κ2) is 44.2. The van der Waals surface area contributed by atoms with Crippen molar-refractivity contribution < 1.29 is 42.1 Å². The average Bonchev–Trinajstić information content (AvgIpc) is 1.85. The van der Waals surface area contributed by atoms with Gasteiger partial charge in [0, 0.05) is 0 Å². The maximum absolute atomic E-state index is 3.47. The summed E-state index contributed by atoms with van der Waals surface area (Å²) in [6.07, 6.45) is 0. The molecule has 0 atom stereocenters. The summed E-state index contributed by atoms with van der Waals surface area (Å²) in [6.45, 7) is 0. The van der Waals surface area contributed by atoms with Crippen molar-refractivity contribution in [3.63, 3.8) is 0 Å². The van der Waals surface area contributed by atoms with Gasteiger partial charge in [0.2, 0.25) is 0 Å². The number of rotatable bonds is 0. The summed E-state index contributed by atoms with van der Waals surface area (Å²) < 4.78 is 0. The topological polar surface area (TPSA) is 30.5 Å². The zero-order valence-electron chi connectivity index (χ0n) is 11.5. The smallest absolute Gasteiger partial charge is 0.475 e. The van der Waals surface area contributed by atoms with Crippen LogP contribution in [0.2, 0.25) is 0 Å². The molecule has 0 aliphatic carbocycles. The van der Waals surface area contributed by atoms with Gasteiger partial charge >= 0.3 is 42.1 Å². The Morgan fingerprint density at radius 1 is 0.688 bits per heavy atom. The Morgan fingerprint density at radius 2 is 0.688 bits per heavy atom. The van der Waals surface area contributed by atoms with Crippen LogP contribution in [0.4, 0.5) is 0 Å². The zero-order chi connectivity index (χ0) is 12.6. The fourth-order valence-electron chi connectivity index (χ4n) is 0. The van der Waals surface area contributed by atoms with E-state index in [-0.39, 0.29) is 42.1 Å². The van der Waals surface area contributed by atoms with Crippen LogP contribution in [0.1, 0.15) is 0 Å². The molecule has 0 spiro atoms. The molecule has 0 heterocycles. The van der Waals surface area contributed by atoms with Crippen molar-refractivity contribution in [1.82, 2.24) is 20.4 Å². The second-order valence-electron chi connectivity index (χ2n) is 2.87. The van der Waals surface area contributed by atoms with Gasteiger partial charge in [0.05, 0.1) is 0 Å². The molecule has 0 fully saturated rings. The number of hydrogen-bond acceptors (Lipinski definition) is 4. The summed E-state index contributed by atoms with van der Waals surface area (Å²) in [6, 6.07) is 0. The molecular formula is C10H28N4W2. The molecule has 100 valence electrons. The molecular weight excluding hydrogens is 544 g/mol. The molecule has 0 rings (SSSR count). The minimum Gasteiger partial charge on any atom is -0.475 e. The van der Waals surface area contributed by atoms with Crippen LogP contribution in [0, 0.1) is 28.2 Å². The van der Waals surface area contributed by atoms with E-state index in [4.69, 9.17) is 0 Å². The van der Waals surface area contributed by atoms with E-state index in [0.717, 1.165) is 0 Å². The van der Waals surface area contributed by atoms with Gasteiger partial charge < -0.3 is 20.4 Å². The standard InChI is InChI=1S/2C3H8N.2C2H6N.2W/c2*1-4(2)3;2*1-3-2;;/h2*1H2,2-3H3;2*3H,1H2,2H3;;/q4*-1;2*+2. The molecule has 0 aromatic heterocycles. The quantitative estimate of drug-likeness (QED) is 0.419. The predicted molar refractivity (Wildman–Crippen MR) is 66.9 cm³/mol. The van der Waals surface area contributed by atoms with Crippen LogP contribution in [0.25, 0.3) is 0 Å². The predicted octanol–water partition coefficient (Wildman–Crippen LogP) is 0.669. The van der Waals surface area contributed by atoms with E-state index in [2.05, 4.69) is 38.8 Å². The van der Waals surface area contributed by atoms with Gasteiger partial charge in [-0.05, 0) is 42.3 Å². The van der Waals surface area contributed by atoms with Crippen molar-refractivity contribution in [2.45, 2.75) is 0 Å². The molecule has 6 heteroatoms. The molecule has 16 heavy (non-hydrogen) atoms. The van der Waals surface area contributed by atoms with Gasteiger partial charge in [0.15, 0.2) is 0 Å². The SMILES string of the molecule is [CH2-]N(C)C.[CH2-]N(C)C.[CH2-]NC.[CH2-]NC.[W+2].[W+2]. The van der Waals surface area contributed by atoms with Crippen LogP contribution in [-0.2, 0) is 42.1 Å². The van der Waals surface area contributed by atoms with Gasteiger partial charge in [-0.3, -0.25) is 28.2 Å². The van der Waals surface area contributed by atoms with Crippen LogP contribution < -0.4 is 10.6 Å². The van der Waals surface area contributed by atoms with E-state index in [1.165, 1.54) is 0 Å². The average molecular weight is 572 g/mol. The Kier molecular flexibility index (Phi) is 99.4. The van der Waals surface area contributed by atoms with Gasteiger partial charge in [-0.1, -0.05) is 0 Å². The number of nitrogens with one attached hydrogen (secondary N) is 2. The Morgan fingerprint density at radius 3 is 0.688 bits per heavy atom. The fourth-order valence-corrected chi connectivity index (χ4v) is 0. The first-order valence-electron chi connectivity index (χ1n) is 4.13. The molecule has 0 aliphatic heterocycles. The third kappa shape index (κ3) is 2080. The van der Waals surface area contributed by atoms with Crippen LogP contribution >= 0.6 is 0 Å². The van der Waals surface area contributed by atoms with E-state index >= 15 is 0 Å². The van der Waals surface area contributed by atoms with Crippen LogP contribution in [0.15, 0.2) is 0 Å². The molecule has 0 bridgehead atoms. The van der Waals surface area contributed by atoms with Gasteiger partial charge in [-0.25, -0.2) is 0 Å². The largest absolute Gasteiger partial charge is 2.00 e. The summed E-state index contributed by atoms with van der Waals surface area (Å²) in [5, 5.41) is 5.00. The summed E-state index contributed by atoms with van der Waals surface area (Å²) in [5.74, 6) is 0. The molecule has 0 aromatic rings. The first kappa shape index (κ1) is 36.0. The summed E-state index contributed by atoms with van der Waals surface area (Å²) in [7, 11) is 24.5. The second-order valence-corrected chi connectivity index (χ2v) is 2.87. The maximum atomic E-state index is 3.47. The van der Waals surface area contributed by atoms with Crippen molar-refractivity contribution in [3.05, 3.63) is 28.2 Å². The van der Waals surface area contributed by atoms with Crippen molar-refractivity contribution in [1.29, 1.82) is 0 Å². The zero-order valence-corrected chi connectivity index (χ0v) is 17.4. The van der Waals surface area contributed by atoms with Crippen molar-refractivity contribution >= 4 is 0 Å². The number of hydrogen-bond donors (Lipinski definition) is 2. The van der Waals surface area contributed by atoms with E-state index in [9.17, 15) is 0 Å². The first-order chi connectivity index (χ1) is 6.29. The molecule has 0 aromatic carbocycles. The van der Waals surface area contributed by atoms with E-state index in [1.807, 2.05) is 28.2 Å². The van der Waals surface area contributed by atoms with Crippen LogP contribution in [0.5, 0.6) is 0 Å². The molecule has 0 unspecified atom stereocenters. The molecule has 2 N–H and O–H groups in total. The van der Waals surface area contributed by atoms with E-state index in [0.29, 0.717) is 0 Å². The molecule has 0 radical (unpaired) electrons. The molecule has 4 nitrogen and oxygen atoms in total. The third-order valence-corrected chi connectivity index (χ3v) is 0. The van der Waals surface area contributed by atoms with E-state index in [1.54, 1.807) is 23.9 Å². The van der Waals surface area contributed by atoms with Gasteiger partial charge in [0.25, 0.3) is 0 Å². The first-order valence-corrected chi connectivity index (χ1v) is 4.13. The van der Waals surface area contributed by atoms with Crippen molar-refractivity contribution in [3.8, 4) is 0 Å².